The van der Waals surface area contributed by atoms with E-state index in [0.717, 1.165) is 37.1 Å². The van der Waals surface area contributed by atoms with Crippen molar-refractivity contribution >= 4 is 15.9 Å². The molecule has 0 amide bonds. The highest BCUT2D eigenvalue weighted by molar-refractivity contribution is 9.10. The molecule has 0 radical (unpaired) electrons. The summed E-state index contributed by atoms with van der Waals surface area (Å²) in [6.07, 6.45) is 3.25. The topological polar surface area (TPSA) is 42.3 Å². The van der Waals surface area contributed by atoms with Crippen molar-refractivity contribution in [2.24, 2.45) is 5.92 Å². The summed E-state index contributed by atoms with van der Waals surface area (Å²) in [7, 11) is 4.17. The van der Waals surface area contributed by atoms with Crippen LogP contribution >= 0.6 is 15.9 Å². The molecule has 2 rings (SSSR count). The van der Waals surface area contributed by atoms with Crippen LogP contribution in [0, 0.1) is 5.92 Å². The average Bonchev–Trinajstić information content (AvgIpc) is 3.00. The van der Waals surface area contributed by atoms with Gasteiger partial charge in [-0.05, 0) is 48.9 Å². The van der Waals surface area contributed by atoms with E-state index in [4.69, 9.17) is 4.74 Å². The van der Waals surface area contributed by atoms with Crippen LogP contribution in [0.5, 0.6) is 0 Å². The fourth-order valence-electron chi connectivity index (χ4n) is 2.89. The summed E-state index contributed by atoms with van der Waals surface area (Å²) in [5.74, 6) is 0.568. The molecule has 0 aliphatic carbocycles. The number of ether oxygens (including phenoxy) is 1. The van der Waals surface area contributed by atoms with E-state index in [-0.39, 0.29) is 12.1 Å². The van der Waals surface area contributed by atoms with Crippen molar-refractivity contribution in [3.8, 4) is 0 Å². The van der Waals surface area contributed by atoms with Crippen LogP contribution in [-0.2, 0) is 11.3 Å². The van der Waals surface area contributed by atoms with Gasteiger partial charge < -0.3 is 15.0 Å². The lowest BCUT2D eigenvalue weighted by Gasteiger charge is -2.28. The van der Waals surface area contributed by atoms with Gasteiger partial charge in [-0.25, -0.2) is 0 Å². The fraction of sp³-hybridized carbons (Fsp3) is 0.800. The molecule has 2 heterocycles. The number of hydrogen-bond acceptors (Lipinski definition) is 4. The van der Waals surface area contributed by atoms with Gasteiger partial charge >= 0.3 is 0 Å². The number of nitrogens with zero attached hydrogens (tertiary/aromatic N) is 3. The van der Waals surface area contributed by atoms with E-state index >= 15 is 0 Å². The Balaban J connectivity index is 2.24. The molecule has 0 bridgehead atoms. The highest BCUT2D eigenvalue weighted by Crippen LogP contribution is 2.34. The number of halogens is 1. The third kappa shape index (κ3) is 4.06. The van der Waals surface area contributed by atoms with Crippen LogP contribution in [0.3, 0.4) is 0 Å². The predicted octanol–water partition coefficient (Wildman–Crippen LogP) is 2.28. The molecular formula is C15H27BrN4O. The summed E-state index contributed by atoms with van der Waals surface area (Å²) in [5.41, 5.74) is 1.21. The first-order chi connectivity index (χ1) is 10.0. The van der Waals surface area contributed by atoms with Crippen molar-refractivity contribution in [2.75, 3.05) is 33.8 Å². The van der Waals surface area contributed by atoms with Crippen molar-refractivity contribution in [3.63, 3.8) is 0 Å². The largest absolute Gasteiger partial charge is 0.376 e. The molecule has 1 aliphatic rings. The molecule has 1 N–H and O–H groups in total. The van der Waals surface area contributed by atoms with Gasteiger partial charge in [0.15, 0.2) is 0 Å². The summed E-state index contributed by atoms with van der Waals surface area (Å²) in [5, 5.41) is 8.13. The molecule has 1 aromatic rings. The van der Waals surface area contributed by atoms with Crippen molar-refractivity contribution in [1.82, 2.24) is 20.0 Å². The molecule has 0 spiro atoms. The third-order valence-electron chi connectivity index (χ3n) is 4.08. The summed E-state index contributed by atoms with van der Waals surface area (Å²) in [6, 6.07) is 0.187. The Hall–Kier alpha value is -0.430. The molecule has 1 fully saturated rings. The first-order valence-corrected chi connectivity index (χ1v) is 8.54. The first kappa shape index (κ1) is 16.9. The van der Waals surface area contributed by atoms with Crippen molar-refractivity contribution in [2.45, 2.75) is 39.0 Å². The van der Waals surface area contributed by atoms with Gasteiger partial charge in [0.1, 0.15) is 0 Å². The molecule has 6 heteroatoms. The van der Waals surface area contributed by atoms with Crippen molar-refractivity contribution in [3.05, 3.63) is 16.4 Å². The molecule has 1 saturated heterocycles. The van der Waals surface area contributed by atoms with Gasteiger partial charge in [-0.3, -0.25) is 4.68 Å². The van der Waals surface area contributed by atoms with Gasteiger partial charge in [0.2, 0.25) is 0 Å². The highest BCUT2D eigenvalue weighted by atomic mass is 79.9. The van der Waals surface area contributed by atoms with Gasteiger partial charge in [0.05, 0.1) is 35.1 Å². The zero-order valence-electron chi connectivity index (χ0n) is 13.5. The number of nitrogens with one attached hydrogen (secondary N) is 1. The summed E-state index contributed by atoms with van der Waals surface area (Å²) in [6.45, 7) is 8.05. The van der Waals surface area contributed by atoms with Gasteiger partial charge in [0.25, 0.3) is 0 Å². The van der Waals surface area contributed by atoms with E-state index in [1.54, 1.807) is 0 Å². The zero-order chi connectivity index (χ0) is 15.4. The lowest BCUT2D eigenvalue weighted by Crippen LogP contribution is -2.37. The second-order valence-electron chi connectivity index (χ2n) is 6.04. The Bertz CT molecular complexity index is 449. The molecule has 3 unspecified atom stereocenters. The normalized spacial score (nSPS) is 23.9. The molecule has 0 saturated carbocycles. The van der Waals surface area contributed by atoms with E-state index < -0.39 is 0 Å². The minimum absolute atomic E-state index is 0.187. The molecule has 0 aromatic carbocycles. The molecule has 1 aliphatic heterocycles. The molecule has 3 atom stereocenters. The van der Waals surface area contributed by atoms with Crippen LogP contribution in [0.1, 0.15) is 32.0 Å². The quantitative estimate of drug-likeness (QED) is 0.811. The van der Waals surface area contributed by atoms with Crippen LogP contribution in [0.25, 0.3) is 0 Å². The van der Waals surface area contributed by atoms with E-state index in [0.29, 0.717) is 5.92 Å². The van der Waals surface area contributed by atoms with Gasteiger partial charge in [0, 0.05) is 13.2 Å². The maximum Gasteiger partial charge on any atom is 0.0811 e. The summed E-state index contributed by atoms with van der Waals surface area (Å²) in [4.78, 5) is 2.18. The van der Waals surface area contributed by atoms with Crippen LogP contribution < -0.4 is 5.32 Å². The molecule has 120 valence electrons. The van der Waals surface area contributed by atoms with Gasteiger partial charge in [-0.2, -0.15) is 5.10 Å². The highest BCUT2D eigenvalue weighted by Gasteiger charge is 2.35. The molecule has 21 heavy (non-hydrogen) atoms. The molecule has 1 aromatic heterocycles. The number of aromatic nitrogens is 2. The fourth-order valence-corrected chi connectivity index (χ4v) is 3.43. The lowest BCUT2D eigenvalue weighted by atomic mass is 9.95. The standard InChI is InChI=1S/C15H27BrN4O/c1-5-17-13(15-11(2)6-9-21-15)14-12(16)10-18-20(14)8-7-19(3)4/h10-11,13,15,17H,5-9H2,1-4H3. The van der Waals surface area contributed by atoms with Crippen LogP contribution in [0.15, 0.2) is 10.7 Å². The molecular weight excluding hydrogens is 332 g/mol. The third-order valence-corrected chi connectivity index (χ3v) is 4.69. The number of hydrogen-bond donors (Lipinski definition) is 1. The first-order valence-electron chi connectivity index (χ1n) is 7.75. The minimum atomic E-state index is 0.187. The SMILES string of the molecule is CCNC(c1c(Br)cnn1CCN(C)C)C1OCCC1C. The monoisotopic (exact) mass is 358 g/mol. The van der Waals surface area contributed by atoms with Crippen LogP contribution in [-0.4, -0.2) is 54.6 Å². The Labute approximate surface area is 136 Å². The Morgan fingerprint density at radius 1 is 1.57 bits per heavy atom. The zero-order valence-corrected chi connectivity index (χ0v) is 15.1. The van der Waals surface area contributed by atoms with E-state index in [9.17, 15) is 0 Å². The Morgan fingerprint density at radius 2 is 2.33 bits per heavy atom. The minimum Gasteiger partial charge on any atom is -0.376 e. The molecule has 5 nitrogen and oxygen atoms in total. The van der Waals surface area contributed by atoms with Crippen LogP contribution in [0.2, 0.25) is 0 Å². The Kier molecular flexibility index (Phi) is 6.22. The van der Waals surface area contributed by atoms with Crippen LogP contribution in [0.4, 0.5) is 0 Å². The Morgan fingerprint density at radius 3 is 2.90 bits per heavy atom. The summed E-state index contributed by atoms with van der Waals surface area (Å²) < 4.78 is 9.17. The number of rotatable bonds is 7. The van der Waals surface area contributed by atoms with E-state index in [1.807, 2.05) is 6.20 Å². The van der Waals surface area contributed by atoms with Crippen molar-refractivity contribution in [1.29, 1.82) is 0 Å². The lowest BCUT2D eigenvalue weighted by molar-refractivity contribution is 0.0580. The smallest absolute Gasteiger partial charge is 0.0811 e. The predicted molar refractivity (Wildman–Crippen MR) is 88.4 cm³/mol. The maximum atomic E-state index is 6.00. The second kappa shape index (κ2) is 7.72. The maximum absolute atomic E-state index is 6.00. The van der Waals surface area contributed by atoms with Gasteiger partial charge in [-0.15, -0.1) is 0 Å². The summed E-state index contributed by atoms with van der Waals surface area (Å²) >= 11 is 3.67. The van der Waals surface area contributed by atoms with Gasteiger partial charge in [-0.1, -0.05) is 13.8 Å². The average molecular weight is 359 g/mol. The van der Waals surface area contributed by atoms with E-state index in [2.05, 4.69) is 63.9 Å². The second-order valence-corrected chi connectivity index (χ2v) is 6.90. The van der Waals surface area contributed by atoms with E-state index in [1.165, 1.54) is 5.69 Å². The number of likely N-dealkylation sites (N-methyl/N-ethyl adjacent to an activating group) is 2. The van der Waals surface area contributed by atoms with Crippen molar-refractivity contribution < 1.29 is 4.74 Å².